The van der Waals surface area contributed by atoms with Crippen molar-refractivity contribution in [1.82, 2.24) is 0 Å². The van der Waals surface area contributed by atoms with Gasteiger partial charge in [0.2, 0.25) is 0 Å². The van der Waals surface area contributed by atoms with Crippen LogP contribution in [0.1, 0.15) is 24.0 Å². The van der Waals surface area contributed by atoms with Gasteiger partial charge in [0.05, 0.1) is 0 Å². The van der Waals surface area contributed by atoms with Crippen molar-refractivity contribution in [3.8, 4) is 0 Å². The summed E-state index contributed by atoms with van der Waals surface area (Å²) in [6.45, 7) is 5.98. The second-order valence-corrected chi connectivity index (χ2v) is 5.73. The maximum Gasteiger partial charge on any atom is 0.384 e. The van der Waals surface area contributed by atoms with Gasteiger partial charge >= 0.3 is 9.28 Å². The minimum absolute atomic E-state index is 0.452. The summed E-state index contributed by atoms with van der Waals surface area (Å²) in [7, 11) is 2.31. The van der Waals surface area contributed by atoms with Crippen molar-refractivity contribution in [2.45, 2.75) is 18.9 Å². The van der Waals surface area contributed by atoms with E-state index in [4.69, 9.17) is 8.85 Å². The zero-order chi connectivity index (χ0) is 12.0. The Morgan fingerprint density at radius 2 is 2.06 bits per heavy atom. The molecule has 0 spiro atoms. The molecule has 0 heterocycles. The van der Waals surface area contributed by atoms with Crippen LogP contribution in [0, 0.1) is 0 Å². The smallest absolute Gasteiger partial charge is 0.384 e. The largest absolute Gasteiger partial charge is 0.397 e. The molecule has 0 saturated heterocycles. The van der Waals surface area contributed by atoms with Crippen molar-refractivity contribution in [2.75, 3.05) is 14.2 Å². The van der Waals surface area contributed by atoms with Crippen molar-refractivity contribution in [3.05, 3.63) is 42.0 Å². The Balaban J connectivity index is 2.71. The summed E-state index contributed by atoms with van der Waals surface area (Å²) in [5.74, 6) is 0.452. The summed E-state index contributed by atoms with van der Waals surface area (Å²) in [5.41, 5.74) is 2.47. The summed E-state index contributed by atoms with van der Waals surface area (Å²) >= 11 is 0. The molecule has 1 aromatic carbocycles. The van der Waals surface area contributed by atoms with Crippen LogP contribution < -0.4 is 0 Å². The third-order valence-electron chi connectivity index (χ3n) is 2.64. The lowest BCUT2D eigenvalue weighted by atomic mass is 10.0. The van der Waals surface area contributed by atoms with Crippen LogP contribution in [-0.4, -0.2) is 23.5 Å². The van der Waals surface area contributed by atoms with E-state index in [-0.39, 0.29) is 0 Å². The van der Waals surface area contributed by atoms with Crippen LogP contribution in [-0.2, 0) is 8.85 Å². The Hall–Kier alpha value is -0.903. The van der Waals surface area contributed by atoms with E-state index < -0.39 is 9.28 Å². The molecule has 0 N–H and O–H groups in total. The predicted octanol–water partition coefficient (Wildman–Crippen LogP) is 3.21. The van der Waals surface area contributed by atoms with Gasteiger partial charge in [0.1, 0.15) is 0 Å². The first-order chi connectivity index (χ1) is 7.71. The van der Waals surface area contributed by atoms with Gasteiger partial charge in [-0.15, -0.1) is 0 Å². The van der Waals surface area contributed by atoms with Gasteiger partial charge in [-0.3, -0.25) is 0 Å². The average molecular weight is 235 g/mol. The SMILES string of the molecule is C=Cc1cccc(C(C)C[Si](OC)OC)c1. The fourth-order valence-corrected chi connectivity index (χ4v) is 2.85. The fraction of sp³-hybridized carbons (Fsp3) is 0.385. The maximum atomic E-state index is 5.31. The maximum absolute atomic E-state index is 5.31. The second-order valence-electron chi connectivity index (χ2n) is 3.76. The molecule has 1 unspecified atom stereocenters. The van der Waals surface area contributed by atoms with Crippen LogP contribution in [0.25, 0.3) is 6.08 Å². The number of benzene rings is 1. The molecule has 0 aliphatic carbocycles. The van der Waals surface area contributed by atoms with E-state index in [1.807, 2.05) is 6.08 Å². The van der Waals surface area contributed by atoms with Crippen molar-refractivity contribution >= 4 is 15.4 Å². The molecule has 0 amide bonds. The first-order valence-corrected chi connectivity index (χ1v) is 6.89. The molecule has 0 saturated carbocycles. The molecule has 0 aromatic heterocycles. The highest BCUT2D eigenvalue weighted by Gasteiger charge is 2.17. The highest BCUT2D eigenvalue weighted by Crippen LogP contribution is 2.22. The van der Waals surface area contributed by atoms with Crippen molar-refractivity contribution in [3.63, 3.8) is 0 Å². The third-order valence-corrected chi connectivity index (χ3v) is 4.50. The Labute approximate surface area is 99.7 Å². The van der Waals surface area contributed by atoms with Crippen LogP contribution >= 0.6 is 0 Å². The Morgan fingerprint density at radius 1 is 1.38 bits per heavy atom. The van der Waals surface area contributed by atoms with E-state index in [9.17, 15) is 0 Å². The van der Waals surface area contributed by atoms with Crippen LogP contribution in [0.2, 0.25) is 6.04 Å². The average Bonchev–Trinajstić information content (AvgIpc) is 2.35. The first-order valence-electron chi connectivity index (χ1n) is 5.37. The normalized spacial score (nSPS) is 12.8. The van der Waals surface area contributed by atoms with Crippen molar-refractivity contribution < 1.29 is 8.85 Å². The lowest BCUT2D eigenvalue weighted by Gasteiger charge is -2.16. The first kappa shape index (κ1) is 13.2. The summed E-state index contributed by atoms with van der Waals surface area (Å²) in [6.07, 6.45) is 1.87. The van der Waals surface area contributed by atoms with Crippen molar-refractivity contribution in [1.29, 1.82) is 0 Å². The molecule has 1 radical (unpaired) electrons. The van der Waals surface area contributed by atoms with E-state index >= 15 is 0 Å². The molecule has 0 fully saturated rings. The molecule has 1 rings (SSSR count). The summed E-state index contributed by atoms with van der Waals surface area (Å²) in [4.78, 5) is 0. The molecule has 0 aliphatic rings. The van der Waals surface area contributed by atoms with Gasteiger partial charge in [0.25, 0.3) is 0 Å². The Morgan fingerprint density at radius 3 is 2.62 bits per heavy atom. The van der Waals surface area contributed by atoms with E-state index in [1.165, 1.54) is 5.56 Å². The molecule has 1 aromatic rings. The fourth-order valence-electron chi connectivity index (χ4n) is 1.61. The van der Waals surface area contributed by atoms with E-state index in [0.29, 0.717) is 5.92 Å². The topological polar surface area (TPSA) is 18.5 Å². The van der Waals surface area contributed by atoms with Gasteiger partial charge in [0.15, 0.2) is 0 Å². The summed E-state index contributed by atoms with van der Waals surface area (Å²) in [5, 5.41) is 0. The number of rotatable bonds is 6. The molecule has 0 aliphatic heterocycles. The van der Waals surface area contributed by atoms with Crippen LogP contribution in [0.5, 0.6) is 0 Å². The van der Waals surface area contributed by atoms with Gasteiger partial charge in [-0.1, -0.05) is 43.8 Å². The van der Waals surface area contributed by atoms with Crippen molar-refractivity contribution in [2.24, 2.45) is 0 Å². The van der Waals surface area contributed by atoms with Gasteiger partial charge in [-0.2, -0.15) is 0 Å². The predicted molar refractivity (Wildman–Crippen MR) is 69.5 cm³/mol. The Kier molecular flexibility index (Phi) is 5.45. The molecule has 0 bridgehead atoms. The molecular weight excluding hydrogens is 216 g/mol. The van der Waals surface area contributed by atoms with E-state index in [2.05, 4.69) is 37.8 Å². The lowest BCUT2D eigenvalue weighted by Crippen LogP contribution is -2.21. The summed E-state index contributed by atoms with van der Waals surface area (Å²) in [6, 6.07) is 9.39. The minimum atomic E-state index is -1.11. The van der Waals surface area contributed by atoms with Gasteiger partial charge < -0.3 is 8.85 Å². The molecule has 87 valence electrons. The second kappa shape index (κ2) is 6.63. The van der Waals surface area contributed by atoms with Crippen LogP contribution in [0.4, 0.5) is 0 Å². The summed E-state index contributed by atoms with van der Waals surface area (Å²) < 4.78 is 10.6. The standard InChI is InChI=1S/C13H19O2Si/c1-5-12-7-6-8-13(9-12)11(2)10-16(14-3)15-4/h5-9,11H,1,10H2,2-4H3. The molecule has 3 heteroatoms. The lowest BCUT2D eigenvalue weighted by molar-refractivity contribution is 0.275. The third kappa shape index (κ3) is 3.59. The molecular formula is C13H19O2Si. The van der Waals surface area contributed by atoms with E-state index in [1.54, 1.807) is 14.2 Å². The highest BCUT2D eigenvalue weighted by molar-refractivity contribution is 6.44. The van der Waals surface area contributed by atoms with Crippen LogP contribution in [0.3, 0.4) is 0 Å². The molecule has 16 heavy (non-hydrogen) atoms. The van der Waals surface area contributed by atoms with Gasteiger partial charge in [-0.05, 0) is 23.1 Å². The number of hydrogen-bond donors (Lipinski definition) is 0. The monoisotopic (exact) mass is 235 g/mol. The minimum Gasteiger partial charge on any atom is -0.397 e. The highest BCUT2D eigenvalue weighted by atomic mass is 28.3. The quantitative estimate of drug-likeness (QED) is 0.705. The Bertz CT molecular complexity index is 334. The zero-order valence-corrected chi connectivity index (χ0v) is 11.2. The van der Waals surface area contributed by atoms with E-state index in [0.717, 1.165) is 11.6 Å². The van der Waals surface area contributed by atoms with Gasteiger partial charge in [0, 0.05) is 14.2 Å². The molecule has 2 nitrogen and oxygen atoms in total. The number of hydrogen-bond acceptors (Lipinski definition) is 2. The van der Waals surface area contributed by atoms with Gasteiger partial charge in [-0.25, -0.2) is 0 Å². The molecule has 1 atom stereocenters. The van der Waals surface area contributed by atoms with Crippen LogP contribution in [0.15, 0.2) is 30.8 Å². The zero-order valence-electron chi connectivity index (χ0n) is 10.2.